The third kappa shape index (κ3) is 7.02. The van der Waals surface area contributed by atoms with E-state index in [2.05, 4.69) is 15.3 Å². The summed E-state index contributed by atoms with van der Waals surface area (Å²) in [6.45, 7) is 1.94. The summed E-state index contributed by atoms with van der Waals surface area (Å²) < 4.78 is 21.2. The minimum Gasteiger partial charge on any atom is -0.491 e. The van der Waals surface area contributed by atoms with E-state index in [1.54, 1.807) is 11.5 Å². The number of nitrogens with one attached hydrogen (secondary N) is 2. The first-order valence-electron chi connectivity index (χ1n) is 14.8. The summed E-state index contributed by atoms with van der Waals surface area (Å²) >= 11 is 2.79. The van der Waals surface area contributed by atoms with E-state index in [9.17, 15) is 19.2 Å². The molecular weight excluding hydrogens is 628 g/mol. The Bertz CT molecular complexity index is 1860. The lowest BCUT2D eigenvalue weighted by Crippen LogP contribution is -2.32. The number of anilines is 2. The van der Waals surface area contributed by atoms with Crippen molar-refractivity contribution >= 4 is 55.0 Å². The van der Waals surface area contributed by atoms with Gasteiger partial charge in [-0.15, -0.1) is 11.3 Å². The SMILES string of the molecule is CN(C)Cc1ccc(OCCCc2sc(N3CCc4cccc(C(=O)Nc5nc6ccccc6s5)c4C3)nc2C(=O)NO)c(F)c1. The van der Waals surface area contributed by atoms with Crippen molar-refractivity contribution in [3.63, 3.8) is 0 Å². The molecule has 10 nitrogen and oxygen atoms in total. The lowest BCUT2D eigenvalue weighted by atomic mass is 9.94. The van der Waals surface area contributed by atoms with Crippen LogP contribution in [0, 0.1) is 5.82 Å². The molecule has 0 radical (unpaired) electrons. The van der Waals surface area contributed by atoms with E-state index >= 15 is 0 Å². The van der Waals surface area contributed by atoms with Crippen molar-refractivity contribution in [2.75, 3.05) is 37.5 Å². The maximum absolute atomic E-state index is 14.5. The lowest BCUT2D eigenvalue weighted by molar-refractivity contribution is 0.0700. The normalized spacial score (nSPS) is 12.8. The van der Waals surface area contributed by atoms with Gasteiger partial charge in [0.25, 0.3) is 11.8 Å². The van der Waals surface area contributed by atoms with E-state index < -0.39 is 11.7 Å². The van der Waals surface area contributed by atoms with Crippen LogP contribution in [-0.4, -0.2) is 59.1 Å². The zero-order valence-corrected chi connectivity index (χ0v) is 27.0. The smallest absolute Gasteiger partial charge is 0.294 e. The number of nitrogens with zero attached hydrogens (tertiary/aromatic N) is 4. The Balaban J connectivity index is 1.14. The van der Waals surface area contributed by atoms with Gasteiger partial charge >= 0.3 is 0 Å². The summed E-state index contributed by atoms with van der Waals surface area (Å²) in [7, 11) is 3.84. The molecule has 3 heterocycles. The van der Waals surface area contributed by atoms with Crippen LogP contribution >= 0.6 is 22.7 Å². The first kappa shape index (κ1) is 31.5. The van der Waals surface area contributed by atoms with Crippen molar-refractivity contribution in [3.8, 4) is 5.75 Å². The Morgan fingerprint density at radius 2 is 1.91 bits per heavy atom. The molecule has 6 rings (SSSR count). The zero-order valence-electron chi connectivity index (χ0n) is 25.4. The fraction of sp³-hybridized carbons (Fsp3) is 0.273. The van der Waals surface area contributed by atoms with Crippen LogP contribution in [0.15, 0.2) is 60.7 Å². The monoisotopic (exact) mass is 660 g/mol. The number of carbonyl (C=O) groups is 2. The Morgan fingerprint density at radius 3 is 2.70 bits per heavy atom. The number of rotatable bonds is 11. The highest BCUT2D eigenvalue weighted by Gasteiger charge is 2.27. The maximum Gasteiger partial charge on any atom is 0.294 e. The molecule has 0 saturated carbocycles. The van der Waals surface area contributed by atoms with Crippen LogP contribution in [0.5, 0.6) is 5.75 Å². The van der Waals surface area contributed by atoms with Crippen LogP contribution in [0.25, 0.3) is 10.2 Å². The standard InChI is InChI=1S/C33H33FN6O4S2/c1-39(2)18-20-12-13-26(24(34)17-20)44-16-6-11-28-29(31(42)38-43)36-33(46-28)40-15-14-21-7-5-8-22(23(21)19-40)30(41)37-32-35-25-9-3-4-10-27(25)45-32/h3-5,7-10,12-13,17,43H,6,11,14-16,18-19H2,1-2H3,(H,38,42)(H,35,37,41). The molecule has 3 N–H and O–H groups in total. The van der Waals surface area contributed by atoms with Gasteiger partial charge in [0.2, 0.25) is 0 Å². The molecule has 1 aliphatic rings. The molecule has 0 spiro atoms. The van der Waals surface area contributed by atoms with Gasteiger partial charge < -0.3 is 14.5 Å². The Labute approximate surface area is 273 Å². The molecule has 0 saturated heterocycles. The van der Waals surface area contributed by atoms with Gasteiger partial charge in [0.1, 0.15) is 5.69 Å². The van der Waals surface area contributed by atoms with Crippen molar-refractivity contribution in [2.45, 2.75) is 32.4 Å². The molecule has 3 aromatic carbocycles. The number of hydrogen-bond donors (Lipinski definition) is 3. The van der Waals surface area contributed by atoms with Crippen LogP contribution in [0.3, 0.4) is 0 Å². The second-order valence-electron chi connectivity index (χ2n) is 11.2. The third-order valence-corrected chi connectivity index (χ3v) is 9.73. The molecule has 238 valence electrons. The minimum atomic E-state index is -0.700. The first-order valence-corrected chi connectivity index (χ1v) is 16.4. The second-order valence-corrected chi connectivity index (χ2v) is 13.3. The number of amides is 2. The highest BCUT2D eigenvalue weighted by Crippen LogP contribution is 2.33. The summed E-state index contributed by atoms with van der Waals surface area (Å²) in [4.78, 5) is 39.8. The summed E-state index contributed by atoms with van der Waals surface area (Å²) in [6.07, 6.45) is 1.65. The minimum absolute atomic E-state index is 0.134. The van der Waals surface area contributed by atoms with E-state index in [0.717, 1.165) is 26.9 Å². The third-order valence-electron chi connectivity index (χ3n) is 7.61. The predicted molar refractivity (Wildman–Crippen MR) is 178 cm³/mol. The fourth-order valence-electron chi connectivity index (χ4n) is 5.46. The van der Waals surface area contributed by atoms with Crippen molar-refractivity contribution in [3.05, 3.63) is 99.3 Å². The number of hydroxylamine groups is 1. The molecule has 2 amide bonds. The largest absolute Gasteiger partial charge is 0.491 e. The molecule has 46 heavy (non-hydrogen) atoms. The number of thiazole rings is 2. The molecule has 0 atom stereocenters. The molecule has 5 aromatic rings. The molecule has 1 aliphatic heterocycles. The molecule has 13 heteroatoms. The summed E-state index contributed by atoms with van der Waals surface area (Å²) in [5.41, 5.74) is 6.05. The zero-order chi connectivity index (χ0) is 32.2. The van der Waals surface area contributed by atoms with Gasteiger partial charge in [0.15, 0.2) is 21.8 Å². The summed E-state index contributed by atoms with van der Waals surface area (Å²) in [5.74, 6) is -1.18. The van der Waals surface area contributed by atoms with Crippen molar-refractivity contribution in [1.29, 1.82) is 0 Å². The highest BCUT2D eigenvalue weighted by molar-refractivity contribution is 7.22. The van der Waals surface area contributed by atoms with E-state index in [1.165, 1.54) is 28.7 Å². The Morgan fingerprint density at radius 1 is 1.07 bits per heavy atom. The van der Waals surface area contributed by atoms with Gasteiger partial charge in [0, 0.05) is 30.1 Å². The van der Waals surface area contributed by atoms with E-state index in [-0.39, 0.29) is 24.0 Å². The van der Waals surface area contributed by atoms with Crippen LogP contribution in [-0.2, 0) is 25.9 Å². The number of ether oxygens (including phenoxy) is 1. The van der Waals surface area contributed by atoms with E-state index in [4.69, 9.17) is 4.74 Å². The quantitative estimate of drug-likeness (QED) is 0.0911. The van der Waals surface area contributed by atoms with Gasteiger partial charge in [-0.3, -0.25) is 20.1 Å². The van der Waals surface area contributed by atoms with Crippen molar-refractivity contribution in [2.24, 2.45) is 0 Å². The lowest BCUT2D eigenvalue weighted by Gasteiger charge is -2.29. The maximum atomic E-state index is 14.5. The van der Waals surface area contributed by atoms with Gasteiger partial charge in [-0.05, 0) is 80.4 Å². The molecular formula is C33H33FN6O4S2. The number of hydrogen-bond acceptors (Lipinski definition) is 10. The van der Waals surface area contributed by atoms with Crippen molar-refractivity contribution < 1.29 is 23.9 Å². The number of carbonyl (C=O) groups excluding carboxylic acids is 2. The van der Waals surface area contributed by atoms with Crippen LogP contribution < -0.4 is 20.4 Å². The Kier molecular flexibility index (Phi) is 9.54. The van der Waals surface area contributed by atoms with Gasteiger partial charge in [0.05, 0.1) is 16.8 Å². The average Bonchev–Trinajstić information content (AvgIpc) is 3.66. The fourth-order valence-corrected chi connectivity index (χ4v) is 7.45. The van der Waals surface area contributed by atoms with Gasteiger partial charge in [-0.25, -0.2) is 19.8 Å². The van der Waals surface area contributed by atoms with Crippen LogP contribution in [0.4, 0.5) is 14.7 Å². The van der Waals surface area contributed by atoms with Gasteiger partial charge in [-0.1, -0.05) is 41.7 Å². The number of aromatic nitrogens is 2. The predicted octanol–water partition coefficient (Wildman–Crippen LogP) is 5.90. The van der Waals surface area contributed by atoms with E-state index in [1.807, 2.05) is 72.4 Å². The van der Waals surface area contributed by atoms with Gasteiger partial charge in [-0.2, -0.15) is 0 Å². The number of para-hydroxylation sites is 1. The number of aryl methyl sites for hydroxylation is 1. The Hall–Kier alpha value is -4.43. The number of benzene rings is 3. The number of halogens is 1. The van der Waals surface area contributed by atoms with Crippen LogP contribution in [0.1, 0.15) is 48.8 Å². The second kappa shape index (κ2) is 13.9. The molecule has 0 aliphatic carbocycles. The molecule has 0 bridgehead atoms. The van der Waals surface area contributed by atoms with E-state index in [0.29, 0.717) is 59.6 Å². The summed E-state index contributed by atoms with van der Waals surface area (Å²) in [5, 5.41) is 13.5. The molecule has 2 aromatic heterocycles. The van der Waals surface area contributed by atoms with Crippen LogP contribution in [0.2, 0.25) is 0 Å². The highest BCUT2D eigenvalue weighted by atomic mass is 32.1. The van der Waals surface area contributed by atoms with Crippen molar-refractivity contribution in [1.82, 2.24) is 20.3 Å². The average molecular weight is 661 g/mol. The molecule has 0 fully saturated rings. The first-order chi connectivity index (χ1) is 22.3. The number of fused-ring (bicyclic) bond motifs is 2. The molecule has 0 unspecified atom stereocenters. The summed E-state index contributed by atoms with van der Waals surface area (Å²) in [6, 6.07) is 18.4. The topological polar surface area (TPSA) is 120 Å².